The normalized spacial score (nSPS) is 12.7. The van der Waals surface area contributed by atoms with Crippen molar-refractivity contribution in [2.24, 2.45) is 0 Å². The van der Waals surface area contributed by atoms with Crippen LogP contribution in [0.3, 0.4) is 0 Å². The third-order valence-corrected chi connectivity index (χ3v) is 3.44. The molecule has 0 aromatic heterocycles. The van der Waals surface area contributed by atoms with Gasteiger partial charge in [0.05, 0.1) is 10.0 Å². The smallest absolute Gasteiger partial charge is 0.0640 e. The summed E-state index contributed by atoms with van der Waals surface area (Å²) < 4.78 is 5.13. The highest BCUT2D eigenvalue weighted by atomic mass is 35.5. The van der Waals surface area contributed by atoms with E-state index in [0.29, 0.717) is 16.7 Å². The molecule has 1 N–H and O–H groups in total. The third-order valence-electron chi connectivity index (χ3n) is 2.61. The molecule has 1 aromatic rings. The molecule has 0 amide bonds. The number of rotatable bonds is 7. The summed E-state index contributed by atoms with van der Waals surface area (Å²) in [6, 6.07) is 5.94. The van der Waals surface area contributed by atoms with Crippen molar-refractivity contribution >= 4 is 23.2 Å². The summed E-state index contributed by atoms with van der Waals surface area (Å²) in [5.74, 6) is 0. The lowest BCUT2D eigenvalue weighted by Crippen LogP contribution is -2.23. The number of methoxy groups -OCH3 is 1. The van der Waals surface area contributed by atoms with E-state index >= 15 is 0 Å². The summed E-state index contributed by atoms with van der Waals surface area (Å²) in [7, 11) is 1.70. The van der Waals surface area contributed by atoms with E-state index in [0.717, 1.165) is 24.9 Å². The molecule has 0 saturated heterocycles. The van der Waals surface area contributed by atoms with E-state index in [-0.39, 0.29) is 6.04 Å². The minimum Gasteiger partial charge on any atom is -0.385 e. The van der Waals surface area contributed by atoms with Gasteiger partial charge in [-0.2, -0.15) is 0 Å². The number of hydrogen-bond acceptors (Lipinski definition) is 2. The van der Waals surface area contributed by atoms with Crippen LogP contribution in [0.5, 0.6) is 0 Å². The first-order valence-corrected chi connectivity index (χ1v) is 6.62. The van der Waals surface area contributed by atoms with Gasteiger partial charge in [-0.1, -0.05) is 42.3 Å². The molecule has 0 bridgehead atoms. The molecular formula is C13H19Cl2NO. The number of ether oxygens (including phenoxy) is 1. The molecule has 0 heterocycles. The van der Waals surface area contributed by atoms with Gasteiger partial charge in [0.25, 0.3) is 0 Å². The topological polar surface area (TPSA) is 21.3 Å². The first kappa shape index (κ1) is 14.8. The highest BCUT2D eigenvalue weighted by molar-refractivity contribution is 6.42. The van der Waals surface area contributed by atoms with E-state index in [9.17, 15) is 0 Å². The highest BCUT2D eigenvalue weighted by Crippen LogP contribution is 2.31. The largest absolute Gasteiger partial charge is 0.385 e. The fourth-order valence-electron chi connectivity index (χ4n) is 1.71. The number of hydrogen-bond donors (Lipinski definition) is 1. The maximum absolute atomic E-state index is 6.23. The molecule has 0 saturated carbocycles. The van der Waals surface area contributed by atoms with E-state index in [2.05, 4.69) is 12.2 Å². The van der Waals surface area contributed by atoms with Crippen LogP contribution in [0.2, 0.25) is 10.0 Å². The molecule has 0 radical (unpaired) electrons. The quantitative estimate of drug-likeness (QED) is 0.810. The van der Waals surface area contributed by atoms with Crippen molar-refractivity contribution in [3.05, 3.63) is 33.8 Å². The van der Waals surface area contributed by atoms with Crippen LogP contribution in [0.4, 0.5) is 0 Å². The first-order valence-electron chi connectivity index (χ1n) is 5.87. The average molecular weight is 276 g/mol. The third kappa shape index (κ3) is 4.47. The molecular weight excluding hydrogens is 257 g/mol. The minimum atomic E-state index is 0.195. The maximum Gasteiger partial charge on any atom is 0.0640 e. The Morgan fingerprint density at radius 2 is 2.12 bits per heavy atom. The van der Waals surface area contributed by atoms with Crippen LogP contribution in [0.15, 0.2) is 18.2 Å². The Balaban J connectivity index is 2.83. The standard InChI is InChI=1S/C13H19Cl2NO/c1-3-8-16-12(7-9-17-2)10-5-4-6-11(14)13(10)15/h4-6,12,16H,3,7-9H2,1-2H3. The molecule has 1 aromatic carbocycles. The van der Waals surface area contributed by atoms with Gasteiger partial charge in [0.15, 0.2) is 0 Å². The summed E-state index contributed by atoms with van der Waals surface area (Å²) in [5.41, 5.74) is 1.05. The molecule has 1 unspecified atom stereocenters. The van der Waals surface area contributed by atoms with Crippen molar-refractivity contribution in [3.63, 3.8) is 0 Å². The van der Waals surface area contributed by atoms with E-state index in [1.807, 2.05) is 12.1 Å². The zero-order valence-corrected chi connectivity index (χ0v) is 11.8. The summed E-state index contributed by atoms with van der Waals surface area (Å²) in [4.78, 5) is 0. The molecule has 96 valence electrons. The Morgan fingerprint density at radius 1 is 1.35 bits per heavy atom. The van der Waals surface area contributed by atoms with Crippen LogP contribution in [-0.4, -0.2) is 20.3 Å². The van der Waals surface area contributed by atoms with Crippen molar-refractivity contribution in [2.75, 3.05) is 20.3 Å². The maximum atomic E-state index is 6.23. The molecule has 4 heteroatoms. The van der Waals surface area contributed by atoms with Gasteiger partial charge in [-0.3, -0.25) is 0 Å². The zero-order chi connectivity index (χ0) is 12.7. The molecule has 17 heavy (non-hydrogen) atoms. The van der Waals surface area contributed by atoms with Crippen molar-refractivity contribution in [2.45, 2.75) is 25.8 Å². The molecule has 1 rings (SSSR count). The Kier molecular flexibility index (Phi) is 6.90. The van der Waals surface area contributed by atoms with E-state index in [1.54, 1.807) is 13.2 Å². The summed E-state index contributed by atoms with van der Waals surface area (Å²) >= 11 is 12.3. The van der Waals surface area contributed by atoms with Crippen LogP contribution in [0, 0.1) is 0 Å². The fourth-order valence-corrected chi connectivity index (χ4v) is 2.15. The first-order chi connectivity index (χ1) is 8.20. The predicted molar refractivity (Wildman–Crippen MR) is 74.0 cm³/mol. The Morgan fingerprint density at radius 3 is 2.76 bits per heavy atom. The van der Waals surface area contributed by atoms with Crippen LogP contribution in [0.1, 0.15) is 31.4 Å². The molecule has 0 aliphatic heterocycles. The molecule has 0 aliphatic rings. The summed E-state index contributed by atoms with van der Waals surface area (Å²) in [6.45, 7) is 3.79. The fraction of sp³-hybridized carbons (Fsp3) is 0.538. The highest BCUT2D eigenvalue weighted by Gasteiger charge is 2.15. The van der Waals surface area contributed by atoms with Gasteiger partial charge in [0.2, 0.25) is 0 Å². The van der Waals surface area contributed by atoms with Crippen LogP contribution in [0.25, 0.3) is 0 Å². The van der Waals surface area contributed by atoms with Gasteiger partial charge >= 0.3 is 0 Å². The second kappa shape index (κ2) is 7.93. The minimum absolute atomic E-state index is 0.195. The number of halogens is 2. The summed E-state index contributed by atoms with van der Waals surface area (Å²) in [5, 5.41) is 4.71. The molecule has 2 nitrogen and oxygen atoms in total. The lowest BCUT2D eigenvalue weighted by Gasteiger charge is -2.20. The van der Waals surface area contributed by atoms with Gasteiger partial charge in [0, 0.05) is 19.8 Å². The number of benzene rings is 1. The van der Waals surface area contributed by atoms with Gasteiger partial charge in [0.1, 0.15) is 0 Å². The van der Waals surface area contributed by atoms with E-state index in [1.165, 1.54) is 0 Å². The van der Waals surface area contributed by atoms with Crippen LogP contribution >= 0.6 is 23.2 Å². The SMILES string of the molecule is CCCNC(CCOC)c1cccc(Cl)c1Cl. The van der Waals surface area contributed by atoms with Crippen molar-refractivity contribution in [1.82, 2.24) is 5.32 Å². The van der Waals surface area contributed by atoms with E-state index in [4.69, 9.17) is 27.9 Å². The van der Waals surface area contributed by atoms with Gasteiger partial charge in [-0.25, -0.2) is 0 Å². The monoisotopic (exact) mass is 275 g/mol. The zero-order valence-electron chi connectivity index (χ0n) is 10.3. The van der Waals surface area contributed by atoms with Gasteiger partial charge in [-0.15, -0.1) is 0 Å². The molecule has 1 atom stereocenters. The predicted octanol–water partition coefficient (Wildman–Crippen LogP) is 4.07. The van der Waals surface area contributed by atoms with Crippen molar-refractivity contribution in [1.29, 1.82) is 0 Å². The van der Waals surface area contributed by atoms with Crippen molar-refractivity contribution < 1.29 is 4.74 Å². The Hall–Kier alpha value is -0.280. The van der Waals surface area contributed by atoms with Crippen LogP contribution in [-0.2, 0) is 4.74 Å². The second-order valence-corrected chi connectivity index (χ2v) is 4.72. The van der Waals surface area contributed by atoms with Crippen molar-refractivity contribution in [3.8, 4) is 0 Å². The number of nitrogens with one attached hydrogen (secondary N) is 1. The van der Waals surface area contributed by atoms with Crippen LogP contribution < -0.4 is 5.32 Å². The van der Waals surface area contributed by atoms with E-state index < -0.39 is 0 Å². The van der Waals surface area contributed by atoms with Gasteiger partial charge in [-0.05, 0) is 31.0 Å². The lowest BCUT2D eigenvalue weighted by molar-refractivity contribution is 0.183. The van der Waals surface area contributed by atoms with Gasteiger partial charge < -0.3 is 10.1 Å². The Labute approximate surface area is 113 Å². The summed E-state index contributed by atoms with van der Waals surface area (Å²) in [6.07, 6.45) is 1.97. The molecule has 0 aliphatic carbocycles. The average Bonchev–Trinajstić information content (AvgIpc) is 2.34. The Bertz CT molecular complexity index is 336. The lowest BCUT2D eigenvalue weighted by atomic mass is 10.0. The molecule has 0 fully saturated rings. The molecule has 0 spiro atoms. The second-order valence-electron chi connectivity index (χ2n) is 3.93.